The van der Waals surface area contributed by atoms with E-state index in [1.807, 2.05) is 24.4 Å². The number of hydrogen-bond acceptors (Lipinski definition) is 4. The summed E-state index contributed by atoms with van der Waals surface area (Å²) in [5.74, 6) is 0.159. The van der Waals surface area contributed by atoms with Gasteiger partial charge in [-0.2, -0.15) is 13.2 Å². The molecule has 3 rings (SSSR count). The molecule has 0 aliphatic heterocycles. The first-order valence-electron chi connectivity index (χ1n) is 8.36. The average Bonchev–Trinajstić information content (AvgIpc) is 3.06. The number of nitrogens with zero attached hydrogens (tertiary/aromatic N) is 1. The summed E-state index contributed by atoms with van der Waals surface area (Å²) in [4.78, 5) is 17.8. The highest BCUT2D eigenvalue weighted by molar-refractivity contribution is 7.98. The summed E-state index contributed by atoms with van der Waals surface area (Å²) in [6, 6.07) is 10.8. The van der Waals surface area contributed by atoms with Crippen molar-refractivity contribution in [1.29, 1.82) is 0 Å². The van der Waals surface area contributed by atoms with Crippen molar-refractivity contribution in [2.24, 2.45) is 0 Å². The van der Waals surface area contributed by atoms with Gasteiger partial charge in [-0.15, -0.1) is 23.1 Å². The first-order valence-corrected chi connectivity index (χ1v) is 10.2. The predicted molar refractivity (Wildman–Crippen MR) is 107 cm³/mol. The highest BCUT2D eigenvalue weighted by Crippen LogP contribution is 2.34. The van der Waals surface area contributed by atoms with Gasteiger partial charge in [0.15, 0.2) is 0 Å². The van der Waals surface area contributed by atoms with E-state index in [1.165, 1.54) is 30.8 Å². The van der Waals surface area contributed by atoms with Gasteiger partial charge in [-0.3, -0.25) is 4.79 Å². The molecule has 0 spiro atoms. The summed E-state index contributed by atoms with van der Waals surface area (Å²) in [6.45, 7) is 3.32. The van der Waals surface area contributed by atoms with Crippen LogP contribution in [-0.4, -0.2) is 10.9 Å². The fraction of sp³-hybridized carbons (Fsp3) is 0.200. The van der Waals surface area contributed by atoms with E-state index in [-0.39, 0.29) is 11.3 Å². The Balaban J connectivity index is 1.78. The van der Waals surface area contributed by atoms with Crippen LogP contribution in [0.15, 0.2) is 52.7 Å². The minimum Gasteiger partial charge on any atom is -0.322 e. The van der Waals surface area contributed by atoms with Crippen molar-refractivity contribution in [3.05, 3.63) is 75.2 Å². The minimum absolute atomic E-state index is 0.109. The number of benzene rings is 2. The molecule has 1 amide bonds. The van der Waals surface area contributed by atoms with Crippen LogP contribution >= 0.6 is 23.1 Å². The SMILES string of the molecule is Cc1nc(CSc2ccccc2C(=O)Nc2ccc(C)c(C(F)(F)F)c2)cs1. The molecular weight excluding hydrogens is 405 g/mol. The maximum absolute atomic E-state index is 13.1. The van der Waals surface area contributed by atoms with Crippen molar-refractivity contribution >= 4 is 34.7 Å². The van der Waals surface area contributed by atoms with E-state index in [4.69, 9.17) is 0 Å². The van der Waals surface area contributed by atoms with Crippen LogP contribution in [0.2, 0.25) is 0 Å². The zero-order valence-electron chi connectivity index (χ0n) is 15.1. The predicted octanol–water partition coefficient (Wildman–Crippen LogP) is 6.32. The highest BCUT2D eigenvalue weighted by atomic mass is 32.2. The number of thiazole rings is 1. The summed E-state index contributed by atoms with van der Waals surface area (Å²) in [5, 5.41) is 5.52. The normalized spacial score (nSPS) is 11.5. The Morgan fingerprint density at radius 3 is 2.61 bits per heavy atom. The van der Waals surface area contributed by atoms with Gasteiger partial charge in [-0.05, 0) is 43.7 Å². The number of carbonyl (C=O) groups excluding carboxylic acids is 1. The van der Waals surface area contributed by atoms with E-state index in [1.54, 1.807) is 23.5 Å². The van der Waals surface area contributed by atoms with E-state index in [0.717, 1.165) is 21.7 Å². The van der Waals surface area contributed by atoms with E-state index >= 15 is 0 Å². The fourth-order valence-electron chi connectivity index (χ4n) is 2.61. The van der Waals surface area contributed by atoms with E-state index in [0.29, 0.717) is 11.3 Å². The average molecular weight is 422 g/mol. The third-order valence-corrected chi connectivity index (χ3v) is 5.90. The van der Waals surface area contributed by atoms with Crippen LogP contribution in [0.1, 0.15) is 32.2 Å². The topological polar surface area (TPSA) is 42.0 Å². The Labute approximate surface area is 169 Å². The third kappa shape index (κ3) is 4.94. The molecule has 0 saturated heterocycles. The van der Waals surface area contributed by atoms with Crippen molar-refractivity contribution in [3.8, 4) is 0 Å². The second-order valence-corrected chi connectivity index (χ2v) is 8.20. The number of thioether (sulfide) groups is 1. The van der Waals surface area contributed by atoms with E-state index < -0.39 is 17.6 Å². The molecule has 0 unspecified atom stereocenters. The van der Waals surface area contributed by atoms with Crippen LogP contribution in [0, 0.1) is 13.8 Å². The lowest BCUT2D eigenvalue weighted by atomic mass is 10.1. The van der Waals surface area contributed by atoms with Gasteiger partial charge in [-0.1, -0.05) is 18.2 Å². The number of carbonyl (C=O) groups is 1. The van der Waals surface area contributed by atoms with Crippen molar-refractivity contribution in [1.82, 2.24) is 4.98 Å². The molecule has 0 saturated carbocycles. The Hall–Kier alpha value is -2.32. The maximum Gasteiger partial charge on any atom is 0.416 e. The quantitative estimate of drug-likeness (QED) is 0.489. The molecule has 1 aromatic heterocycles. The lowest BCUT2D eigenvalue weighted by Gasteiger charge is -2.14. The van der Waals surface area contributed by atoms with E-state index in [9.17, 15) is 18.0 Å². The molecule has 0 aliphatic carbocycles. The molecule has 0 bridgehead atoms. The number of amides is 1. The summed E-state index contributed by atoms with van der Waals surface area (Å²) >= 11 is 3.03. The molecule has 0 radical (unpaired) electrons. The number of hydrogen-bond donors (Lipinski definition) is 1. The Kier molecular flexibility index (Phi) is 6.10. The van der Waals surface area contributed by atoms with Gasteiger partial charge in [0.2, 0.25) is 0 Å². The number of halogens is 3. The van der Waals surface area contributed by atoms with Crippen LogP contribution in [0.3, 0.4) is 0 Å². The first kappa shape index (κ1) is 20.4. The van der Waals surface area contributed by atoms with Gasteiger partial charge in [-0.25, -0.2) is 4.98 Å². The Morgan fingerprint density at radius 2 is 1.93 bits per heavy atom. The van der Waals surface area contributed by atoms with Crippen LogP contribution in [0.4, 0.5) is 18.9 Å². The minimum atomic E-state index is -4.47. The summed E-state index contributed by atoms with van der Waals surface area (Å²) in [6.07, 6.45) is -4.47. The summed E-state index contributed by atoms with van der Waals surface area (Å²) in [5.41, 5.74) is 0.800. The third-order valence-electron chi connectivity index (χ3n) is 3.97. The second kappa shape index (κ2) is 8.36. The molecule has 3 aromatic rings. The summed E-state index contributed by atoms with van der Waals surface area (Å²) in [7, 11) is 0. The number of rotatable bonds is 5. The summed E-state index contributed by atoms with van der Waals surface area (Å²) < 4.78 is 39.3. The molecule has 0 atom stereocenters. The van der Waals surface area contributed by atoms with Crippen LogP contribution < -0.4 is 5.32 Å². The molecule has 1 N–H and O–H groups in total. The largest absolute Gasteiger partial charge is 0.416 e. The molecular formula is C20H17F3N2OS2. The standard InChI is InChI=1S/C20H17F3N2OS2/c1-12-7-8-14(9-17(12)20(21,22)23)25-19(26)16-5-3-4-6-18(16)28-11-15-10-27-13(2)24-15/h3-10H,11H2,1-2H3,(H,25,26). The number of aromatic nitrogens is 1. The Bertz CT molecular complexity index is 999. The fourth-order valence-corrected chi connectivity index (χ4v) is 4.27. The smallest absolute Gasteiger partial charge is 0.322 e. The molecule has 28 heavy (non-hydrogen) atoms. The molecule has 3 nitrogen and oxygen atoms in total. The Morgan fingerprint density at radius 1 is 1.18 bits per heavy atom. The molecule has 8 heteroatoms. The van der Waals surface area contributed by atoms with Crippen molar-refractivity contribution in [2.75, 3.05) is 5.32 Å². The number of anilines is 1. The van der Waals surface area contributed by atoms with Gasteiger partial charge in [0.05, 0.1) is 21.8 Å². The van der Waals surface area contributed by atoms with E-state index in [2.05, 4.69) is 10.3 Å². The van der Waals surface area contributed by atoms with Crippen molar-refractivity contribution in [2.45, 2.75) is 30.7 Å². The van der Waals surface area contributed by atoms with Crippen molar-refractivity contribution < 1.29 is 18.0 Å². The molecule has 2 aromatic carbocycles. The number of aryl methyl sites for hydroxylation is 2. The molecule has 146 valence electrons. The van der Waals surface area contributed by atoms with Gasteiger partial charge in [0.25, 0.3) is 5.91 Å². The van der Waals surface area contributed by atoms with Gasteiger partial charge < -0.3 is 5.32 Å². The lowest BCUT2D eigenvalue weighted by Crippen LogP contribution is -2.14. The van der Waals surface area contributed by atoms with Gasteiger partial charge in [0, 0.05) is 21.7 Å². The van der Waals surface area contributed by atoms with Crippen LogP contribution in [-0.2, 0) is 11.9 Å². The van der Waals surface area contributed by atoms with Gasteiger partial charge in [0.1, 0.15) is 0 Å². The monoisotopic (exact) mass is 422 g/mol. The molecule has 0 aliphatic rings. The maximum atomic E-state index is 13.1. The zero-order chi connectivity index (χ0) is 20.3. The van der Waals surface area contributed by atoms with Crippen LogP contribution in [0.25, 0.3) is 0 Å². The molecule has 0 fully saturated rings. The number of alkyl halides is 3. The molecule has 1 heterocycles. The number of nitrogens with one attached hydrogen (secondary N) is 1. The second-order valence-electron chi connectivity index (χ2n) is 6.12. The van der Waals surface area contributed by atoms with Gasteiger partial charge >= 0.3 is 6.18 Å². The van der Waals surface area contributed by atoms with Crippen LogP contribution in [0.5, 0.6) is 0 Å². The lowest BCUT2D eigenvalue weighted by molar-refractivity contribution is -0.138. The van der Waals surface area contributed by atoms with Crippen molar-refractivity contribution in [3.63, 3.8) is 0 Å². The first-order chi connectivity index (χ1) is 13.2. The zero-order valence-corrected chi connectivity index (χ0v) is 16.8. The highest BCUT2D eigenvalue weighted by Gasteiger charge is 2.32.